The zero-order chi connectivity index (χ0) is 22.4. The number of alkyl halides is 2. The molecular weight excluding hydrogens is 411 g/mol. The molecule has 31 heavy (non-hydrogen) atoms. The molecule has 1 fully saturated rings. The second-order valence-electron chi connectivity index (χ2n) is 7.13. The van der Waals surface area contributed by atoms with Crippen LogP contribution in [0.3, 0.4) is 0 Å². The number of nitrogens with zero attached hydrogens (tertiary/aromatic N) is 3. The maximum atomic E-state index is 13.5. The molecule has 1 aromatic heterocycles. The average molecular weight is 431 g/mol. The molecule has 0 bridgehead atoms. The van der Waals surface area contributed by atoms with E-state index in [0.29, 0.717) is 12.2 Å². The zero-order valence-corrected chi connectivity index (χ0v) is 16.4. The van der Waals surface area contributed by atoms with E-state index in [-0.39, 0.29) is 17.9 Å². The molecule has 2 aromatic rings. The van der Waals surface area contributed by atoms with Crippen molar-refractivity contribution in [2.24, 2.45) is 0 Å². The summed E-state index contributed by atoms with van der Waals surface area (Å²) in [6.07, 6.45) is 1.62. The molecule has 2 amide bonds. The number of pyridine rings is 1. The highest BCUT2D eigenvalue weighted by atomic mass is 19.3. The van der Waals surface area contributed by atoms with Gasteiger partial charge in [-0.1, -0.05) is 12.1 Å². The van der Waals surface area contributed by atoms with Crippen LogP contribution >= 0.6 is 0 Å². The predicted molar refractivity (Wildman–Crippen MR) is 106 cm³/mol. The number of carbonyl (C=O) groups excluding carboxylic acids is 2. The molecule has 162 valence electrons. The number of nitrogens with one attached hydrogen (secondary N) is 2. The van der Waals surface area contributed by atoms with Gasteiger partial charge in [-0.3, -0.25) is 14.6 Å². The van der Waals surface area contributed by atoms with Gasteiger partial charge in [0.15, 0.2) is 0 Å². The molecule has 2 heterocycles. The molecule has 1 aliphatic rings. The van der Waals surface area contributed by atoms with Crippen LogP contribution in [0.25, 0.3) is 0 Å². The molecule has 1 aliphatic heterocycles. The highest BCUT2D eigenvalue weighted by Crippen LogP contribution is 2.31. The van der Waals surface area contributed by atoms with Gasteiger partial charge in [0.05, 0.1) is 30.1 Å². The lowest BCUT2D eigenvalue weighted by atomic mass is 9.99. The largest absolute Gasteiger partial charge is 0.379 e. The Labute approximate surface area is 176 Å². The summed E-state index contributed by atoms with van der Waals surface area (Å²) in [7, 11) is 0. The van der Waals surface area contributed by atoms with Crippen molar-refractivity contribution in [3.05, 3.63) is 59.7 Å². The van der Waals surface area contributed by atoms with Crippen molar-refractivity contribution < 1.29 is 22.8 Å². The van der Waals surface area contributed by atoms with Gasteiger partial charge in [-0.2, -0.15) is 5.26 Å². The Bertz CT molecular complexity index is 991. The van der Waals surface area contributed by atoms with E-state index in [1.54, 1.807) is 18.2 Å². The number of nitriles is 1. The third kappa shape index (κ3) is 5.72. The predicted octanol–water partition coefficient (Wildman–Crippen LogP) is 2.71. The Balaban J connectivity index is 1.60. The van der Waals surface area contributed by atoms with Crippen LogP contribution in [0.15, 0.2) is 42.7 Å². The molecule has 1 aromatic carbocycles. The molecule has 0 unspecified atom stereocenters. The van der Waals surface area contributed by atoms with Crippen molar-refractivity contribution in [2.75, 3.05) is 18.4 Å². The van der Waals surface area contributed by atoms with Crippen LogP contribution in [-0.2, 0) is 11.3 Å². The van der Waals surface area contributed by atoms with Crippen molar-refractivity contribution in [1.29, 1.82) is 5.26 Å². The summed E-state index contributed by atoms with van der Waals surface area (Å²) in [6.45, 7) is -0.362. The van der Waals surface area contributed by atoms with E-state index in [2.05, 4.69) is 15.6 Å². The van der Waals surface area contributed by atoms with E-state index in [1.807, 2.05) is 0 Å². The molecule has 2 N–H and O–H groups in total. The number of likely N-dealkylation sites (tertiary alicyclic amines) is 1. The molecule has 0 saturated carbocycles. The third-order valence-electron chi connectivity index (χ3n) is 4.92. The van der Waals surface area contributed by atoms with Crippen molar-refractivity contribution in [2.45, 2.75) is 31.4 Å². The maximum Gasteiger partial charge on any atom is 0.253 e. The molecule has 1 saturated heterocycles. The number of amides is 2. The minimum absolute atomic E-state index is 0.229. The molecular formula is C21H20F3N5O2. The molecule has 1 atom stereocenters. The van der Waals surface area contributed by atoms with Gasteiger partial charge in [-0.15, -0.1) is 0 Å². The summed E-state index contributed by atoms with van der Waals surface area (Å²) in [5.74, 6) is -4.51. The highest BCUT2D eigenvalue weighted by molar-refractivity contribution is 6.00. The number of anilines is 1. The number of hydrogen-bond donors (Lipinski definition) is 2. The van der Waals surface area contributed by atoms with Crippen LogP contribution < -0.4 is 10.6 Å². The first-order valence-corrected chi connectivity index (χ1v) is 9.56. The Morgan fingerprint density at radius 1 is 1.26 bits per heavy atom. The molecule has 0 radical (unpaired) electrons. The first-order chi connectivity index (χ1) is 14.8. The second kappa shape index (κ2) is 9.47. The zero-order valence-electron chi connectivity index (χ0n) is 16.4. The number of halogens is 3. The Hall–Kier alpha value is -3.61. The fraction of sp³-hybridized carbons (Fsp3) is 0.333. The van der Waals surface area contributed by atoms with E-state index >= 15 is 0 Å². The van der Waals surface area contributed by atoms with Gasteiger partial charge in [-0.25, -0.2) is 13.2 Å². The number of aromatic nitrogens is 1. The van der Waals surface area contributed by atoms with Gasteiger partial charge in [0, 0.05) is 32.1 Å². The van der Waals surface area contributed by atoms with Crippen molar-refractivity contribution >= 4 is 17.5 Å². The normalized spacial score (nSPS) is 17.5. The van der Waals surface area contributed by atoms with E-state index in [4.69, 9.17) is 5.26 Å². The summed E-state index contributed by atoms with van der Waals surface area (Å²) in [5, 5.41) is 14.6. The van der Waals surface area contributed by atoms with E-state index in [9.17, 15) is 22.8 Å². The SMILES string of the molecule is N#C[C@@H]1CC(F)(F)CCN1C(=O)CNC(=O)c1ccncc1NCc1ccc(F)cc1. The smallest absolute Gasteiger partial charge is 0.253 e. The van der Waals surface area contributed by atoms with Crippen LogP contribution in [0.2, 0.25) is 0 Å². The summed E-state index contributed by atoms with van der Waals surface area (Å²) in [5.41, 5.74) is 1.42. The first-order valence-electron chi connectivity index (χ1n) is 9.56. The molecule has 3 rings (SSSR count). The summed E-state index contributed by atoms with van der Waals surface area (Å²) >= 11 is 0. The summed E-state index contributed by atoms with van der Waals surface area (Å²) < 4.78 is 40.0. The van der Waals surface area contributed by atoms with Crippen LogP contribution in [0.5, 0.6) is 0 Å². The fourth-order valence-electron chi connectivity index (χ4n) is 3.23. The third-order valence-corrected chi connectivity index (χ3v) is 4.92. The molecule has 10 heteroatoms. The Morgan fingerprint density at radius 2 is 2.00 bits per heavy atom. The van der Waals surface area contributed by atoms with E-state index < -0.39 is 43.2 Å². The molecule has 0 spiro atoms. The van der Waals surface area contributed by atoms with Crippen LogP contribution in [0.4, 0.5) is 18.9 Å². The fourth-order valence-corrected chi connectivity index (χ4v) is 3.23. The van der Waals surface area contributed by atoms with Crippen LogP contribution in [-0.4, -0.2) is 46.8 Å². The standard InChI is InChI=1S/C21H20F3N5O2/c22-15-3-1-14(2-4-15)11-27-18-12-26-7-5-17(18)20(31)28-13-19(30)29-8-6-21(23,24)9-16(29)10-25/h1-5,7,12,16,27H,6,8-9,11,13H2,(H,28,31)/t16-/m0/s1. The van der Waals surface area contributed by atoms with Crippen molar-refractivity contribution in [3.8, 4) is 6.07 Å². The highest BCUT2D eigenvalue weighted by Gasteiger charge is 2.42. The monoisotopic (exact) mass is 431 g/mol. The lowest BCUT2D eigenvalue weighted by Gasteiger charge is -2.35. The minimum atomic E-state index is -2.98. The maximum absolute atomic E-state index is 13.5. The van der Waals surface area contributed by atoms with Crippen LogP contribution in [0, 0.1) is 17.1 Å². The van der Waals surface area contributed by atoms with E-state index in [0.717, 1.165) is 10.5 Å². The minimum Gasteiger partial charge on any atom is -0.379 e. The van der Waals surface area contributed by atoms with Gasteiger partial charge in [0.25, 0.3) is 11.8 Å². The van der Waals surface area contributed by atoms with E-state index in [1.165, 1.54) is 30.6 Å². The van der Waals surface area contributed by atoms with Gasteiger partial charge in [-0.05, 0) is 23.8 Å². The Morgan fingerprint density at radius 3 is 2.71 bits per heavy atom. The lowest BCUT2D eigenvalue weighted by Crippen LogP contribution is -2.51. The second-order valence-corrected chi connectivity index (χ2v) is 7.13. The number of piperidine rings is 1. The first kappa shape index (κ1) is 22.1. The lowest BCUT2D eigenvalue weighted by molar-refractivity contribution is -0.139. The number of rotatable bonds is 6. The number of hydrogen-bond acceptors (Lipinski definition) is 5. The van der Waals surface area contributed by atoms with Gasteiger partial charge < -0.3 is 15.5 Å². The number of carbonyl (C=O) groups is 2. The quantitative estimate of drug-likeness (QED) is 0.733. The van der Waals surface area contributed by atoms with Crippen LogP contribution in [0.1, 0.15) is 28.8 Å². The van der Waals surface area contributed by atoms with Gasteiger partial charge in [0.2, 0.25) is 5.91 Å². The summed E-state index contributed by atoms with van der Waals surface area (Å²) in [6, 6.07) is 7.81. The van der Waals surface area contributed by atoms with Crippen molar-refractivity contribution in [1.82, 2.24) is 15.2 Å². The molecule has 0 aliphatic carbocycles. The number of benzene rings is 1. The summed E-state index contributed by atoms with van der Waals surface area (Å²) in [4.78, 5) is 30.0. The average Bonchev–Trinajstić information content (AvgIpc) is 2.76. The molecule has 7 nitrogen and oxygen atoms in total. The Kier molecular flexibility index (Phi) is 6.74. The van der Waals surface area contributed by atoms with Crippen molar-refractivity contribution in [3.63, 3.8) is 0 Å². The van der Waals surface area contributed by atoms with Gasteiger partial charge in [0.1, 0.15) is 11.9 Å². The topological polar surface area (TPSA) is 98.1 Å². The van der Waals surface area contributed by atoms with Gasteiger partial charge >= 0.3 is 0 Å².